The van der Waals surface area contributed by atoms with Gasteiger partial charge in [0.15, 0.2) is 0 Å². The van der Waals surface area contributed by atoms with Crippen LogP contribution in [0.4, 0.5) is 11.4 Å². The predicted molar refractivity (Wildman–Crippen MR) is 101 cm³/mol. The Morgan fingerprint density at radius 2 is 1.79 bits per heavy atom. The average molecular weight is 436 g/mol. The van der Waals surface area contributed by atoms with Crippen LogP contribution in [0.2, 0.25) is 0 Å². The van der Waals surface area contributed by atoms with Crippen molar-refractivity contribution in [1.82, 2.24) is 0 Å². The fourth-order valence-electron chi connectivity index (χ4n) is 2.62. The fourth-order valence-corrected chi connectivity index (χ4v) is 2.98. The Bertz CT molecular complexity index is 744. The number of nitrogens with zero attached hydrogens (tertiary/aromatic N) is 1. The van der Waals surface area contributed by atoms with Gasteiger partial charge in [-0.3, -0.25) is 9.59 Å². The van der Waals surface area contributed by atoms with Crippen molar-refractivity contribution in [2.24, 2.45) is 0 Å². The molecule has 0 radical (unpaired) electrons. The third-order valence-corrected chi connectivity index (χ3v) is 4.46. The largest absolute Gasteiger partial charge is 0.494 e. The highest BCUT2D eigenvalue weighted by molar-refractivity contribution is 14.1. The number of ether oxygens (including phenoxy) is 1. The molecule has 1 aliphatic heterocycles. The number of carbonyl (C=O) groups excluding carboxylic acids is 2. The molecule has 5 nitrogen and oxygen atoms in total. The van der Waals surface area contributed by atoms with E-state index in [1.165, 1.54) is 4.90 Å². The molecular weight excluding hydrogens is 419 g/mol. The summed E-state index contributed by atoms with van der Waals surface area (Å²) >= 11 is 2.22. The van der Waals surface area contributed by atoms with Crippen LogP contribution in [0.15, 0.2) is 48.5 Å². The van der Waals surface area contributed by atoms with Crippen LogP contribution in [0, 0.1) is 3.57 Å². The monoisotopic (exact) mass is 436 g/mol. The average Bonchev–Trinajstić information content (AvgIpc) is 2.85. The lowest BCUT2D eigenvalue weighted by molar-refractivity contribution is -0.121. The van der Waals surface area contributed by atoms with Crippen LogP contribution in [-0.2, 0) is 9.59 Å². The van der Waals surface area contributed by atoms with Crippen molar-refractivity contribution in [2.45, 2.75) is 19.4 Å². The first-order valence-corrected chi connectivity index (χ1v) is 8.78. The molecule has 0 spiro atoms. The van der Waals surface area contributed by atoms with Gasteiger partial charge in [0.25, 0.3) is 5.91 Å². The Kier molecular flexibility index (Phi) is 5.03. The summed E-state index contributed by atoms with van der Waals surface area (Å²) in [6.45, 7) is 2.48. The summed E-state index contributed by atoms with van der Waals surface area (Å²) in [5, 5.41) is 3.14. The number of benzene rings is 2. The molecule has 6 heteroatoms. The summed E-state index contributed by atoms with van der Waals surface area (Å²) in [5.74, 6) is 0.281. The second-order valence-electron chi connectivity index (χ2n) is 5.40. The number of carbonyl (C=O) groups is 2. The Morgan fingerprint density at radius 1 is 1.12 bits per heavy atom. The van der Waals surface area contributed by atoms with Gasteiger partial charge in [0.2, 0.25) is 5.91 Å². The topological polar surface area (TPSA) is 58.6 Å². The van der Waals surface area contributed by atoms with Gasteiger partial charge < -0.3 is 10.1 Å². The van der Waals surface area contributed by atoms with Gasteiger partial charge in [-0.2, -0.15) is 0 Å². The summed E-state index contributed by atoms with van der Waals surface area (Å²) < 4.78 is 6.50. The third-order valence-electron chi connectivity index (χ3n) is 3.74. The van der Waals surface area contributed by atoms with Gasteiger partial charge >= 0.3 is 0 Å². The molecule has 1 aliphatic rings. The molecule has 0 bridgehead atoms. The lowest BCUT2D eigenvalue weighted by Crippen LogP contribution is -2.34. The second kappa shape index (κ2) is 7.21. The molecule has 124 valence electrons. The van der Waals surface area contributed by atoms with Crippen molar-refractivity contribution in [1.29, 1.82) is 0 Å². The quantitative estimate of drug-likeness (QED) is 0.577. The van der Waals surface area contributed by atoms with Gasteiger partial charge in [0.05, 0.1) is 18.7 Å². The van der Waals surface area contributed by atoms with Crippen molar-refractivity contribution < 1.29 is 14.3 Å². The van der Waals surface area contributed by atoms with E-state index in [9.17, 15) is 9.59 Å². The van der Waals surface area contributed by atoms with Crippen LogP contribution in [0.5, 0.6) is 5.75 Å². The number of hydrogen-bond acceptors (Lipinski definition) is 4. The van der Waals surface area contributed by atoms with Crippen molar-refractivity contribution in [3.8, 4) is 5.75 Å². The molecule has 1 heterocycles. The van der Waals surface area contributed by atoms with E-state index in [0.29, 0.717) is 18.0 Å². The van der Waals surface area contributed by atoms with Gasteiger partial charge in [0.1, 0.15) is 11.8 Å². The standard InChI is InChI=1S/C18H17IN2O3/c1-2-24-15-9-7-14(8-10-15)21-17(22)11-16(18(21)23)20-13-5-3-12(19)4-6-13/h3-10,16,20H,2,11H2,1H3/t16-/m0/s1. The SMILES string of the molecule is CCOc1ccc(N2C(=O)C[C@H](Nc3ccc(I)cc3)C2=O)cc1. The van der Waals surface area contributed by atoms with E-state index >= 15 is 0 Å². The molecule has 1 N–H and O–H groups in total. The molecule has 1 saturated heterocycles. The van der Waals surface area contributed by atoms with Gasteiger partial charge in [-0.1, -0.05) is 0 Å². The maximum absolute atomic E-state index is 12.6. The van der Waals surface area contributed by atoms with Gasteiger partial charge in [-0.05, 0) is 78.0 Å². The smallest absolute Gasteiger partial charge is 0.256 e. The minimum atomic E-state index is -0.538. The van der Waals surface area contributed by atoms with E-state index in [4.69, 9.17) is 4.74 Å². The molecule has 2 aromatic carbocycles. The van der Waals surface area contributed by atoms with Crippen LogP contribution in [0.3, 0.4) is 0 Å². The molecule has 0 aromatic heterocycles. The first-order valence-electron chi connectivity index (χ1n) is 7.70. The highest BCUT2D eigenvalue weighted by atomic mass is 127. The molecule has 0 aliphatic carbocycles. The van der Waals surface area contributed by atoms with E-state index in [1.807, 2.05) is 31.2 Å². The molecule has 24 heavy (non-hydrogen) atoms. The van der Waals surface area contributed by atoms with Crippen LogP contribution >= 0.6 is 22.6 Å². The van der Waals surface area contributed by atoms with E-state index in [0.717, 1.165) is 9.26 Å². The Labute approximate surface area is 154 Å². The fraction of sp³-hybridized carbons (Fsp3) is 0.222. The molecule has 2 amide bonds. The Hall–Kier alpha value is -2.09. The maximum atomic E-state index is 12.6. The molecule has 3 rings (SSSR count). The minimum Gasteiger partial charge on any atom is -0.494 e. The zero-order chi connectivity index (χ0) is 17.1. The Morgan fingerprint density at radius 3 is 2.42 bits per heavy atom. The summed E-state index contributed by atoms with van der Waals surface area (Å²) in [5.41, 5.74) is 1.40. The first-order chi connectivity index (χ1) is 11.6. The highest BCUT2D eigenvalue weighted by Crippen LogP contribution is 2.27. The third kappa shape index (κ3) is 3.53. The normalized spacial score (nSPS) is 17.2. The van der Waals surface area contributed by atoms with Crippen molar-refractivity contribution in [3.05, 3.63) is 52.1 Å². The van der Waals surface area contributed by atoms with Crippen molar-refractivity contribution >= 4 is 45.8 Å². The van der Waals surface area contributed by atoms with Crippen LogP contribution in [-0.4, -0.2) is 24.5 Å². The zero-order valence-corrected chi connectivity index (χ0v) is 15.3. The minimum absolute atomic E-state index is 0.151. The molecule has 0 saturated carbocycles. The number of nitrogens with one attached hydrogen (secondary N) is 1. The van der Waals surface area contributed by atoms with Crippen LogP contribution in [0.25, 0.3) is 0 Å². The van der Waals surface area contributed by atoms with Crippen LogP contribution < -0.4 is 15.0 Å². The number of imide groups is 1. The number of amides is 2. The number of anilines is 2. The van der Waals surface area contributed by atoms with Crippen molar-refractivity contribution in [2.75, 3.05) is 16.8 Å². The Balaban J connectivity index is 1.74. The number of hydrogen-bond donors (Lipinski definition) is 1. The zero-order valence-electron chi connectivity index (χ0n) is 13.2. The summed E-state index contributed by atoms with van der Waals surface area (Å²) in [7, 11) is 0. The molecule has 2 aromatic rings. The number of rotatable bonds is 5. The van der Waals surface area contributed by atoms with E-state index in [-0.39, 0.29) is 18.2 Å². The first kappa shape index (κ1) is 16.8. The molecule has 1 atom stereocenters. The van der Waals surface area contributed by atoms with Crippen LogP contribution in [0.1, 0.15) is 13.3 Å². The lowest BCUT2D eigenvalue weighted by Gasteiger charge is -2.16. The summed E-state index contributed by atoms with van der Waals surface area (Å²) in [6.07, 6.45) is 0.151. The molecule has 0 unspecified atom stereocenters. The van der Waals surface area contributed by atoms with E-state index < -0.39 is 6.04 Å². The summed E-state index contributed by atoms with van der Waals surface area (Å²) in [6, 6.07) is 14.2. The van der Waals surface area contributed by atoms with E-state index in [2.05, 4.69) is 27.9 Å². The van der Waals surface area contributed by atoms with E-state index in [1.54, 1.807) is 24.3 Å². The van der Waals surface area contributed by atoms with Gasteiger partial charge in [-0.25, -0.2) is 4.90 Å². The van der Waals surface area contributed by atoms with Gasteiger partial charge in [0, 0.05) is 9.26 Å². The maximum Gasteiger partial charge on any atom is 0.256 e. The second-order valence-corrected chi connectivity index (χ2v) is 6.65. The number of halogens is 1. The van der Waals surface area contributed by atoms with Gasteiger partial charge in [-0.15, -0.1) is 0 Å². The summed E-state index contributed by atoms with van der Waals surface area (Å²) in [4.78, 5) is 26.1. The highest BCUT2D eigenvalue weighted by Gasteiger charge is 2.39. The predicted octanol–water partition coefficient (Wildman–Crippen LogP) is 3.43. The lowest BCUT2D eigenvalue weighted by atomic mass is 10.2. The van der Waals surface area contributed by atoms with Crippen molar-refractivity contribution in [3.63, 3.8) is 0 Å². The molecular formula is C18H17IN2O3. The molecule has 1 fully saturated rings.